The Kier molecular flexibility index (Phi) is 5.22. The van der Waals surface area contributed by atoms with Crippen molar-refractivity contribution in [3.8, 4) is 0 Å². The molecule has 0 aliphatic rings. The lowest BCUT2D eigenvalue weighted by Gasteiger charge is -2.12. The molecule has 2 aromatic carbocycles. The van der Waals surface area contributed by atoms with E-state index >= 15 is 0 Å². The fraction of sp³-hybridized carbons (Fsp3) is 0.250. The van der Waals surface area contributed by atoms with Crippen molar-refractivity contribution < 1.29 is 17.9 Å². The van der Waals surface area contributed by atoms with Gasteiger partial charge in [0, 0.05) is 24.4 Å². The Morgan fingerprint density at radius 3 is 2.38 bits per heavy atom. The second kappa shape index (κ2) is 7.13. The van der Waals surface area contributed by atoms with Crippen molar-refractivity contribution in [2.24, 2.45) is 0 Å². The van der Waals surface area contributed by atoms with Crippen LogP contribution >= 0.6 is 0 Å². The highest BCUT2D eigenvalue weighted by atomic mass is 19.2. The molecule has 0 aromatic heterocycles. The van der Waals surface area contributed by atoms with Crippen LogP contribution in [-0.4, -0.2) is 6.61 Å². The van der Waals surface area contributed by atoms with Gasteiger partial charge in [0.15, 0.2) is 17.5 Å². The Hall–Kier alpha value is -2.01. The molecule has 0 heterocycles. The number of anilines is 1. The Labute approximate surface area is 121 Å². The third-order valence-electron chi connectivity index (χ3n) is 3.01. The minimum absolute atomic E-state index is 0.192. The first-order valence-electron chi connectivity index (χ1n) is 6.64. The van der Waals surface area contributed by atoms with E-state index in [1.807, 2.05) is 31.2 Å². The summed E-state index contributed by atoms with van der Waals surface area (Å²) in [6, 6.07) is 9.46. The van der Waals surface area contributed by atoms with Crippen LogP contribution < -0.4 is 5.32 Å². The Morgan fingerprint density at radius 2 is 1.71 bits per heavy atom. The van der Waals surface area contributed by atoms with Crippen molar-refractivity contribution in [1.29, 1.82) is 0 Å². The maximum Gasteiger partial charge on any atom is 0.194 e. The maximum atomic E-state index is 13.1. The molecule has 0 radical (unpaired) electrons. The number of nitrogens with one attached hydrogen (secondary N) is 1. The number of benzene rings is 2. The molecule has 112 valence electrons. The molecule has 0 aliphatic heterocycles. The average molecular weight is 295 g/mol. The summed E-state index contributed by atoms with van der Waals surface area (Å²) >= 11 is 0. The smallest absolute Gasteiger partial charge is 0.194 e. The van der Waals surface area contributed by atoms with E-state index in [2.05, 4.69) is 5.32 Å². The zero-order valence-electron chi connectivity index (χ0n) is 11.6. The second-order valence-corrected chi connectivity index (χ2v) is 4.52. The van der Waals surface area contributed by atoms with Crippen molar-refractivity contribution >= 4 is 5.69 Å². The van der Waals surface area contributed by atoms with Crippen LogP contribution in [0.2, 0.25) is 0 Å². The van der Waals surface area contributed by atoms with E-state index < -0.39 is 17.5 Å². The number of para-hydroxylation sites is 1. The molecule has 0 saturated heterocycles. The van der Waals surface area contributed by atoms with Gasteiger partial charge in [-0.1, -0.05) is 18.2 Å². The number of hydrogen-bond donors (Lipinski definition) is 1. The van der Waals surface area contributed by atoms with Gasteiger partial charge in [0.2, 0.25) is 0 Å². The molecule has 2 aromatic rings. The van der Waals surface area contributed by atoms with Gasteiger partial charge in [-0.25, -0.2) is 13.2 Å². The lowest BCUT2D eigenvalue weighted by Crippen LogP contribution is -2.05. The zero-order chi connectivity index (χ0) is 15.2. The summed E-state index contributed by atoms with van der Waals surface area (Å²) in [7, 11) is 0. The molecule has 5 heteroatoms. The molecule has 0 bridgehead atoms. The Balaban J connectivity index is 2.09. The van der Waals surface area contributed by atoms with Crippen LogP contribution in [0.4, 0.5) is 18.9 Å². The van der Waals surface area contributed by atoms with Crippen LogP contribution in [-0.2, 0) is 17.9 Å². The van der Waals surface area contributed by atoms with E-state index in [1.165, 1.54) is 0 Å². The molecule has 0 fully saturated rings. The largest absolute Gasteiger partial charge is 0.381 e. The monoisotopic (exact) mass is 295 g/mol. The quantitative estimate of drug-likeness (QED) is 0.804. The fourth-order valence-corrected chi connectivity index (χ4v) is 1.94. The van der Waals surface area contributed by atoms with Crippen LogP contribution in [0.5, 0.6) is 0 Å². The molecule has 0 saturated carbocycles. The van der Waals surface area contributed by atoms with Crippen molar-refractivity contribution in [1.82, 2.24) is 0 Å². The first-order chi connectivity index (χ1) is 10.1. The van der Waals surface area contributed by atoms with Crippen molar-refractivity contribution in [3.63, 3.8) is 0 Å². The van der Waals surface area contributed by atoms with Crippen LogP contribution in [0.1, 0.15) is 18.1 Å². The van der Waals surface area contributed by atoms with Gasteiger partial charge >= 0.3 is 0 Å². The minimum Gasteiger partial charge on any atom is -0.381 e. The summed E-state index contributed by atoms with van der Waals surface area (Å²) in [5.41, 5.74) is 2.09. The van der Waals surface area contributed by atoms with E-state index in [0.29, 0.717) is 18.8 Å². The molecule has 0 unspecified atom stereocenters. The van der Waals surface area contributed by atoms with Crippen molar-refractivity contribution in [2.75, 3.05) is 11.9 Å². The molecule has 2 nitrogen and oxygen atoms in total. The van der Waals surface area contributed by atoms with Gasteiger partial charge in [-0.2, -0.15) is 0 Å². The third-order valence-corrected chi connectivity index (χ3v) is 3.01. The lowest BCUT2D eigenvalue weighted by atomic mass is 10.1. The summed E-state index contributed by atoms with van der Waals surface area (Å²) in [4.78, 5) is 0. The SMILES string of the molecule is CCOCc1ccccc1NCc1cc(F)c(F)c(F)c1. The highest BCUT2D eigenvalue weighted by molar-refractivity contribution is 5.51. The number of ether oxygens (including phenoxy) is 1. The first-order valence-corrected chi connectivity index (χ1v) is 6.64. The molecule has 1 N–H and O–H groups in total. The normalized spacial score (nSPS) is 10.7. The summed E-state index contributed by atoms with van der Waals surface area (Å²) in [5.74, 6) is -3.82. The predicted molar refractivity (Wildman–Crippen MR) is 75.4 cm³/mol. The third kappa shape index (κ3) is 3.98. The topological polar surface area (TPSA) is 21.3 Å². The minimum atomic E-state index is -1.45. The van der Waals surface area contributed by atoms with Gasteiger partial charge in [-0.05, 0) is 30.7 Å². The summed E-state index contributed by atoms with van der Waals surface area (Å²) in [5, 5.41) is 3.08. The number of halogens is 3. The van der Waals surface area contributed by atoms with Crippen LogP contribution in [0.15, 0.2) is 36.4 Å². The molecule has 21 heavy (non-hydrogen) atoms. The van der Waals surface area contributed by atoms with Crippen LogP contribution in [0.3, 0.4) is 0 Å². The van der Waals surface area contributed by atoms with Gasteiger partial charge in [0.1, 0.15) is 0 Å². The molecular formula is C16H16F3NO. The van der Waals surface area contributed by atoms with Gasteiger partial charge in [0.05, 0.1) is 6.61 Å². The molecule has 0 aliphatic carbocycles. The Morgan fingerprint density at radius 1 is 1.05 bits per heavy atom. The average Bonchev–Trinajstić information content (AvgIpc) is 2.49. The first kappa shape index (κ1) is 15.4. The number of hydrogen-bond acceptors (Lipinski definition) is 2. The van der Waals surface area contributed by atoms with Gasteiger partial charge < -0.3 is 10.1 Å². The molecule has 2 rings (SSSR count). The van der Waals surface area contributed by atoms with E-state index in [0.717, 1.165) is 23.4 Å². The van der Waals surface area contributed by atoms with E-state index in [1.54, 1.807) is 0 Å². The highest BCUT2D eigenvalue weighted by Crippen LogP contribution is 2.19. The standard InChI is InChI=1S/C16H16F3NO/c1-2-21-10-12-5-3-4-6-15(12)20-9-11-7-13(17)16(19)14(18)8-11/h3-8,20H,2,9-10H2,1H3. The van der Waals surface area contributed by atoms with Gasteiger partial charge in [-0.15, -0.1) is 0 Å². The van der Waals surface area contributed by atoms with Crippen molar-refractivity contribution in [2.45, 2.75) is 20.1 Å². The van der Waals surface area contributed by atoms with Gasteiger partial charge in [0.25, 0.3) is 0 Å². The van der Waals surface area contributed by atoms with E-state index in [4.69, 9.17) is 4.74 Å². The molecular weight excluding hydrogens is 279 g/mol. The van der Waals surface area contributed by atoms with Crippen LogP contribution in [0, 0.1) is 17.5 Å². The predicted octanol–water partition coefficient (Wildman–Crippen LogP) is 4.25. The summed E-state index contributed by atoms with van der Waals surface area (Å²) in [6.45, 7) is 3.14. The van der Waals surface area contributed by atoms with Gasteiger partial charge in [-0.3, -0.25) is 0 Å². The van der Waals surface area contributed by atoms with Crippen molar-refractivity contribution in [3.05, 3.63) is 65.0 Å². The Bertz CT molecular complexity index is 593. The van der Waals surface area contributed by atoms with E-state index in [9.17, 15) is 13.2 Å². The molecule has 0 amide bonds. The summed E-state index contributed by atoms with van der Waals surface area (Å²) in [6.07, 6.45) is 0. The zero-order valence-corrected chi connectivity index (χ0v) is 11.6. The molecule has 0 spiro atoms. The fourth-order valence-electron chi connectivity index (χ4n) is 1.94. The van der Waals surface area contributed by atoms with Crippen LogP contribution in [0.25, 0.3) is 0 Å². The highest BCUT2D eigenvalue weighted by Gasteiger charge is 2.10. The lowest BCUT2D eigenvalue weighted by molar-refractivity contribution is 0.134. The second-order valence-electron chi connectivity index (χ2n) is 4.52. The number of rotatable bonds is 6. The summed E-state index contributed by atoms with van der Waals surface area (Å²) < 4.78 is 44.5. The maximum absolute atomic E-state index is 13.1. The van der Waals surface area contributed by atoms with E-state index in [-0.39, 0.29) is 6.54 Å². The molecule has 0 atom stereocenters.